The molecular formula is C27H46O6. The van der Waals surface area contributed by atoms with Crippen LogP contribution in [0.3, 0.4) is 0 Å². The minimum Gasteiger partial charge on any atom is -0.481 e. The quantitative estimate of drug-likeness (QED) is 0.409. The second kappa shape index (κ2) is 9.07. The first-order valence-corrected chi connectivity index (χ1v) is 13.3. The maximum Gasteiger partial charge on any atom is 0.306 e. The van der Waals surface area contributed by atoms with E-state index in [4.69, 9.17) is 0 Å². The largest absolute Gasteiger partial charge is 0.481 e. The summed E-state index contributed by atoms with van der Waals surface area (Å²) in [5.41, 5.74) is -0.227. The topological polar surface area (TPSA) is 118 Å². The molecule has 33 heavy (non-hydrogen) atoms. The Balaban J connectivity index is 1.53. The maximum atomic E-state index is 11.6. The first-order chi connectivity index (χ1) is 15.4. The van der Waals surface area contributed by atoms with Gasteiger partial charge < -0.3 is 25.5 Å². The first-order valence-electron chi connectivity index (χ1n) is 13.3. The highest BCUT2D eigenvalue weighted by atomic mass is 16.4. The Morgan fingerprint density at radius 2 is 1.67 bits per heavy atom. The van der Waals surface area contributed by atoms with Gasteiger partial charge in [-0.1, -0.05) is 27.7 Å². The zero-order valence-corrected chi connectivity index (χ0v) is 20.9. The average Bonchev–Trinajstić information content (AvgIpc) is 3.08. The lowest BCUT2D eigenvalue weighted by atomic mass is 9.43. The fraction of sp³-hybridized carbons (Fsp3) is 0.963. The molecule has 13 atom stereocenters. The van der Waals surface area contributed by atoms with Gasteiger partial charge in [0.05, 0.1) is 30.3 Å². The van der Waals surface area contributed by atoms with E-state index < -0.39 is 24.1 Å². The predicted octanol–water partition coefficient (Wildman–Crippen LogP) is 3.45. The van der Waals surface area contributed by atoms with Crippen molar-refractivity contribution in [2.24, 2.45) is 52.3 Å². The molecule has 4 rings (SSSR count). The molecule has 0 aromatic rings. The van der Waals surface area contributed by atoms with E-state index in [0.29, 0.717) is 18.8 Å². The van der Waals surface area contributed by atoms with Gasteiger partial charge in [-0.3, -0.25) is 4.79 Å². The Labute approximate surface area is 198 Å². The summed E-state index contributed by atoms with van der Waals surface area (Å²) in [6.07, 6.45) is 5.04. The molecule has 0 bridgehead atoms. The lowest BCUT2D eigenvalue weighted by molar-refractivity contribution is -0.207. The fourth-order valence-electron chi connectivity index (χ4n) is 9.33. The van der Waals surface area contributed by atoms with E-state index in [9.17, 15) is 30.3 Å². The molecule has 0 heterocycles. The van der Waals surface area contributed by atoms with Gasteiger partial charge in [0.1, 0.15) is 0 Å². The average molecular weight is 467 g/mol. The highest BCUT2D eigenvalue weighted by molar-refractivity contribution is 5.69. The molecule has 4 saturated carbocycles. The number of aliphatic hydroxyl groups excluding tert-OH is 4. The van der Waals surface area contributed by atoms with Crippen LogP contribution in [0.15, 0.2) is 0 Å². The van der Waals surface area contributed by atoms with Crippen LogP contribution < -0.4 is 0 Å². The molecule has 4 fully saturated rings. The van der Waals surface area contributed by atoms with Gasteiger partial charge in [-0.05, 0) is 104 Å². The number of hydrogen-bond acceptors (Lipinski definition) is 5. The molecule has 0 amide bonds. The van der Waals surface area contributed by atoms with Crippen molar-refractivity contribution in [3.63, 3.8) is 0 Å². The van der Waals surface area contributed by atoms with Crippen LogP contribution >= 0.6 is 0 Å². The number of fused-ring (bicyclic) bond motifs is 5. The second-order valence-corrected chi connectivity index (χ2v) is 12.9. The van der Waals surface area contributed by atoms with E-state index >= 15 is 0 Å². The van der Waals surface area contributed by atoms with E-state index in [2.05, 4.69) is 20.8 Å². The molecular weight excluding hydrogens is 420 g/mol. The Morgan fingerprint density at radius 1 is 0.970 bits per heavy atom. The SMILES string of the molecule is CC(CC(O)C[C@@H](C)[C@H]1CC[C@H]2[C@@H]3[C@H](O)C[C@@H]4C[C@H](O)CC[C@]4(C)[C@H]3C[C@H](O)[C@]12C)C(=O)O. The van der Waals surface area contributed by atoms with E-state index in [1.54, 1.807) is 6.92 Å². The van der Waals surface area contributed by atoms with Crippen molar-refractivity contribution in [1.29, 1.82) is 0 Å². The normalized spacial score (nSPS) is 49.9. The van der Waals surface area contributed by atoms with Crippen LogP contribution in [0.5, 0.6) is 0 Å². The van der Waals surface area contributed by atoms with Gasteiger partial charge in [-0.2, -0.15) is 0 Å². The maximum absolute atomic E-state index is 11.6. The van der Waals surface area contributed by atoms with E-state index in [1.165, 1.54) is 0 Å². The Kier molecular flexibility index (Phi) is 6.98. The summed E-state index contributed by atoms with van der Waals surface area (Å²) in [5.74, 6) is 0.0176. The summed E-state index contributed by atoms with van der Waals surface area (Å²) in [4.78, 5) is 11.2. The summed E-state index contributed by atoms with van der Waals surface area (Å²) < 4.78 is 0. The third-order valence-corrected chi connectivity index (χ3v) is 11.2. The van der Waals surface area contributed by atoms with Crippen molar-refractivity contribution in [2.45, 2.75) is 110 Å². The van der Waals surface area contributed by atoms with Crippen LogP contribution in [0.1, 0.15) is 85.5 Å². The summed E-state index contributed by atoms with van der Waals surface area (Å²) in [5, 5.41) is 53.0. The summed E-state index contributed by atoms with van der Waals surface area (Å²) in [6, 6.07) is 0. The highest BCUT2D eigenvalue weighted by Crippen LogP contribution is 2.68. The van der Waals surface area contributed by atoms with Crippen molar-refractivity contribution in [3.8, 4) is 0 Å². The lowest BCUT2D eigenvalue weighted by Crippen LogP contribution is -2.62. The minimum absolute atomic E-state index is 0.0678. The molecule has 4 aliphatic rings. The number of carbonyl (C=O) groups is 1. The van der Waals surface area contributed by atoms with Crippen molar-refractivity contribution >= 4 is 5.97 Å². The number of carboxylic acids is 1. The van der Waals surface area contributed by atoms with E-state index in [0.717, 1.165) is 38.5 Å². The molecule has 5 N–H and O–H groups in total. The summed E-state index contributed by atoms with van der Waals surface area (Å²) in [6.45, 7) is 8.34. The van der Waals surface area contributed by atoms with Gasteiger partial charge in [-0.15, -0.1) is 0 Å². The molecule has 190 valence electrons. The molecule has 2 unspecified atom stereocenters. The molecule has 0 aromatic heterocycles. The Bertz CT molecular complexity index is 727. The number of aliphatic hydroxyl groups is 4. The standard InChI is InChI=1S/C27H46O6/c1-14(9-18(29)10-15(2)25(32)33)19-5-6-20-24-21(13-23(31)27(19,20)4)26(3)8-7-17(28)11-16(26)12-22(24)30/h14-24,28-31H,5-13H2,1-4H3,(H,32,33)/t14-,15?,16+,17-,18?,19-,20+,21+,22-,23+,24+,26+,27-/m1/s1. The smallest absolute Gasteiger partial charge is 0.306 e. The van der Waals surface area contributed by atoms with E-state index in [-0.39, 0.29) is 59.0 Å². The van der Waals surface area contributed by atoms with Gasteiger partial charge in [-0.25, -0.2) is 0 Å². The first kappa shape index (κ1) is 25.4. The predicted molar refractivity (Wildman–Crippen MR) is 125 cm³/mol. The molecule has 0 radical (unpaired) electrons. The van der Waals surface area contributed by atoms with Crippen LogP contribution in [0.25, 0.3) is 0 Å². The molecule has 0 spiro atoms. The van der Waals surface area contributed by atoms with Gasteiger partial charge in [0.25, 0.3) is 0 Å². The van der Waals surface area contributed by atoms with Gasteiger partial charge in [0.15, 0.2) is 0 Å². The van der Waals surface area contributed by atoms with Gasteiger partial charge in [0, 0.05) is 0 Å². The Morgan fingerprint density at radius 3 is 2.33 bits per heavy atom. The van der Waals surface area contributed by atoms with Crippen molar-refractivity contribution in [1.82, 2.24) is 0 Å². The van der Waals surface area contributed by atoms with Crippen molar-refractivity contribution in [3.05, 3.63) is 0 Å². The lowest BCUT2D eigenvalue weighted by Gasteiger charge is -2.63. The summed E-state index contributed by atoms with van der Waals surface area (Å²) >= 11 is 0. The van der Waals surface area contributed by atoms with Crippen LogP contribution in [0, 0.1) is 52.3 Å². The fourth-order valence-corrected chi connectivity index (χ4v) is 9.33. The number of carboxylic acid groups (broad SMARTS) is 1. The monoisotopic (exact) mass is 466 g/mol. The molecule has 0 aromatic carbocycles. The minimum atomic E-state index is -0.878. The van der Waals surface area contributed by atoms with E-state index in [1.807, 2.05) is 0 Å². The second-order valence-electron chi connectivity index (χ2n) is 12.9. The van der Waals surface area contributed by atoms with Crippen LogP contribution in [-0.4, -0.2) is 55.9 Å². The van der Waals surface area contributed by atoms with Crippen LogP contribution in [-0.2, 0) is 4.79 Å². The van der Waals surface area contributed by atoms with Gasteiger partial charge in [0.2, 0.25) is 0 Å². The zero-order valence-electron chi connectivity index (χ0n) is 20.9. The third kappa shape index (κ3) is 4.17. The molecule has 0 saturated heterocycles. The summed E-state index contributed by atoms with van der Waals surface area (Å²) in [7, 11) is 0. The Hall–Kier alpha value is -0.690. The number of rotatable bonds is 6. The number of aliphatic carboxylic acids is 1. The molecule has 0 aliphatic heterocycles. The zero-order chi connectivity index (χ0) is 24.3. The molecule has 4 aliphatic carbocycles. The van der Waals surface area contributed by atoms with Crippen LogP contribution in [0.2, 0.25) is 0 Å². The number of hydrogen-bond donors (Lipinski definition) is 5. The van der Waals surface area contributed by atoms with Crippen LogP contribution in [0.4, 0.5) is 0 Å². The third-order valence-electron chi connectivity index (χ3n) is 11.2. The molecule has 6 nitrogen and oxygen atoms in total. The molecule has 6 heteroatoms. The van der Waals surface area contributed by atoms with Crippen molar-refractivity contribution < 1.29 is 30.3 Å². The van der Waals surface area contributed by atoms with Gasteiger partial charge >= 0.3 is 5.97 Å². The highest BCUT2D eigenvalue weighted by Gasteiger charge is 2.65. The van der Waals surface area contributed by atoms with Crippen molar-refractivity contribution in [2.75, 3.05) is 0 Å².